The molecule has 1 aromatic carbocycles. The van der Waals surface area contributed by atoms with Gasteiger partial charge < -0.3 is 15.1 Å². The smallest absolute Gasteiger partial charge is 0.225 e. The van der Waals surface area contributed by atoms with E-state index in [9.17, 15) is 14.0 Å². The lowest BCUT2D eigenvalue weighted by atomic mass is 9.92. The van der Waals surface area contributed by atoms with Crippen LogP contribution < -0.4 is 10.2 Å². The van der Waals surface area contributed by atoms with Gasteiger partial charge in [0.2, 0.25) is 5.91 Å². The number of nitrogens with one attached hydrogen (secondary N) is 1. The molecule has 0 unspecified atom stereocenters. The van der Waals surface area contributed by atoms with Gasteiger partial charge in [-0.1, -0.05) is 0 Å². The minimum Gasteiger partial charge on any atom is -0.366 e. The van der Waals surface area contributed by atoms with Crippen LogP contribution >= 0.6 is 0 Å². The molecule has 2 aliphatic heterocycles. The molecule has 0 bridgehead atoms. The summed E-state index contributed by atoms with van der Waals surface area (Å²) in [5.74, 6) is -0.175. The quantitative estimate of drug-likeness (QED) is 0.851. The Morgan fingerprint density at radius 2 is 1.92 bits per heavy atom. The predicted octanol–water partition coefficient (Wildman–Crippen LogP) is 2.06. The number of carbonyl (C=O) groups is 2. The number of nitrogens with zero attached hydrogens (tertiary/aromatic N) is 2. The van der Waals surface area contributed by atoms with Crippen LogP contribution in [0.25, 0.3) is 0 Å². The normalized spacial score (nSPS) is 24.3. The summed E-state index contributed by atoms with van der Waals surface area (Å²) in [5.41, 5.74) is 0.891. The van der Waals surface area contributed by atoms with Gasteiger partial charge in [-0.15, -0.1) is 0 Å². The fraction of sp³-hybridized carbons (Fsp3) is 0.579. The van der Waals surface area contributed by atoms with Crippen molar-refractivity contribution in [3.8, 4) is 0 Å². The number of carbonyl (C=O) groups excluding carboxylic acids is 2. The van der Waals surface area contributed by atoms with E-state index in [0.29, 0.717) is 43.5 Å². The van der Waals surface area contributed by atoms with Crippen molar-refractivity contribution in [3.63, 3.8) is 0 Å². The molecular weight excluding hydrogens is 321 g/mol. The fourth-order valence-corrected chi connectivity index (χ4v) is 3.76. The summed E-state index contributed by atoms with van der Waals surface area (Å²) >= 11 is 0. The third kappa shape index (κ3) is 4.00. The van der Waals surface area contributed by atoms with Gasteiger partial charge in [-0.2, -0.15) is 0 Å². The van der Waals surface area contributed by atoms with Gasteiger partial charge in [0.25, 0.3) is 0 Å². The largest absolute Gasteiger partial charge is 0.366 e. The van der Waals surface area contributed by atoms with E-state index in [1.807, 2.05) is 9.80 Å². The highest BCUT2D eigenvalue weighted by atomic mass is 19.1. The number of piperidine rings is 1. The molecule has 2 saturated heterocycles. The van der Waals surface area contributed by atoms with Crippen LogP contribution in [-0.4, -0.2) is 55.4 Å². The maximum Gasteiger partial charge on any atom is 0.225 e. The molecule has 0 spiro atoms. The van der Waals surface area contributed by atoms with Gasteiger partial charge in [-0.05, 0) is 51.4 Å². The Bertz CT molecular complexity index is 656. The minimum atomic E-state index is -0.375. The van der Waals surface area contributed by atoms with E-state index in [4.69, 9.17) is 0 Å². The lowest BCUT2D eigenvalue weighted by Crippen LogP contribution is -2.52. The zero-order valence-electron chi connectivity index (χ0n) is 14.9. The number of benzene rings is 1. The minimum absolute atomic E-state index is 0.106. The summed E-state index contributed by atoms with van der Waals surface area (Å²) in [6.07, 6.45) is 1.78. The van der Waals surface area contributed by atoms with Gasteiger partial charge in [-0.25, -0.2) is 4.39 Å². The Labute approximate surface area is 148 Å². The van der Waals surface area contributed by atoms with Gasteiger partial charge in [0.05, 0.1) is 5.69 Å². The highest BCUT2D eigenvalue weighted by Gasteiger charge is 2.30. The van der Waals surface area contributed by atoms with E-state index in [-0.39, 0.29) is 23.4 Å². The van der Waals surface area contributed by atoms with Crippen LogP contribution in [0.1, 0.15) is 37.0 Å². The summed E-state index contributed by atoms with van der Waals surface area (Å²) in [6.45, 7) is 6.90. The van der Waals surface area contributed by atoms with Crippen LogP contribution in [0.15, 0.2) is 18.2 Å². The lowest BCUT2D eigenvalue weighted by Gasteiger charge is -2.39. The van der Waals surface area contributed by atoms with Crippen molar-refractivity contribution in [1.29, 1.82) is 0 Å². The zero-order valence-corrected chi connectivity index (χ0v) is 14.9. The topological polar surface area (TPSA) is 52.7 Å². The Morgan fingerprint density at radius 3 is 2.52 bits per heavy atom. The number of hydrogen-bond acceptors (Lipinski definition) is 4. The molecule has 0 aliphatic carbocycles. The third-order valence-corrected chi connectivity index (χ3v) is 5.26. The van der Waals surface area contributed by atoms with Crippen LogP contribution in [0.5, 0.6) is 0 Å². The Hall–Kier alpha value is -1.95. The lowest BCUT2D eigenvalue weighted by molar-refractivity contribution is -0.137. The predicted molar refractivity (Wildman–Crippen MR) is 95.4 cm³/mol. The van der Waals surface area contributed by atoms with E-state index < -0.39 is 0 Å². The molecule has 1 aromatic rings. The van der Waals surface area contributed by atoms with Crippen molar-refractivity contribution in [1.82, 2.24) is 10.2 Å². The SMILES string of the molecule is CC(=O)c1ccc(N2CCN(C(=O)[C@H]3CCN[C@@H](C)C3)CC2)c(F)c1. The second-order valence-corrected chi connectivity index (χ2v) is 7.11. The first kappa shape index (κ1) is 17.9. The maximum absolute atomic E-state index is 14.3. The Kier molecular flexibility index (Phi) is 5.37. The van der Waals surface area contributed by atoms with Crippen molar-refractivity contribution in [2.45, 2.75) is 32.7 Å². The van der Waals surface area contributed by atoms with Gasteiger partial charge in [0.15, 0.2) is 5.78 Å². The van der Waals surface area contributed by atoms with Crippen molar-refractivity contribution in [2.24, 2.45) is 5.92 Å². The molecule has 0 aromatic heterocycles. The summed E-state index contributed by atoms with van der Waals surface area (Å²) < 4.78 is 14.3. The molecule has 5 nitrogen and oxygen atoms in total. The number of amides is 1. The van der Waals surface area contributed by atoms with Gasteiger partial charge in [0.1, 0.15) is 5.82 Å². The molecule has 6 heteroatoms. The molecule has 136 valence electrons. The highest BCUT2D eigenvalue weighted by molar-refractivity contribution is 5.94. The molecule has 1 N–H and O–H groups in total. The number of anilines is 1. The number of ketones is 1. The van der Waals surface area contributed by atoms with Crippen molar-refractivity contribution >= 4 is 17.4 Å². The highest BCUT2D eigenvalue weighted by Crippen LogP contribution is 2.24. The summed E-state index contributed by atoms with van der Waals surface area (Å²) in [5, 5.41) is 3.37. The summed E-state index contributed by atoms with van der Waals surface area (Å²) in [7, 11) is 0. The average molecular weight is 347 g/mol. The van der Waals surface area contributed by atoms with E-state index in [1.54, 1.807) is 12.1 Å². The maximum atomic E-state index is 14.3. The first-order valence-corrected chi connectivity index (χ1v) is 9.03. The third-order valence-electron chi connectivity index (χ3n) is 5.26. The summed E-state index contributed by atoms with van der Waals surface area (Å²) in [6, 6.07) is 5.01. The second kappa shape index (κ2) is 7.52. The average Bonchev–Trinajstić information content (AvgIpc) is 2.61. The van der Waals surface area contributed by atoms with Crippen LogP contribution in [-0.2, 0) is 4.79 Å². The molecule has 0 saturated carbocycles. The van der Waals surface area contributed by atoms with Crippen molar-refractivity contribution in [3.05, 3.63) is 29.6 Å². The Morgan fingerprint density at radius 1 is 1.20 bits per heavy atom. The molecule has 2 atom stereocenters. The number of rotatable bonds is 3. The monoisotopic (exact) mass is 347 g/mol. The van der Waals surface area contributed by atoms with E-state index >= 15 is 0 Å². The number of Topliss-reactive ketones (excluding diaryl/α,β-unsaturated/α-hetero) is 1. The molecule has 0 radical (unpaired) electrons. The van der Waals surface area contributed by atoms with Crippen molar-refractivity contribution < 1.29 is 14.0 Å². The van der Waals surface area contributed by atoms with Crippen LogP contribution in [0.3, 0.4) is 0 Å². The van der Waals surface area contributed by atoms with E-state index in [1.165, 1.54) is 13.0 Å². The van der Waals surface area contributed by atoms with Crippen LogP contribution in [0.2, 0.25) is 0 Å². The zero-order chi connectivity index (χ0) is 18.0. The molecule has 2 fully saturated rings. The van der Waals surface area contributed by atoms with E-state index in [2.05, 4.69) is 12.2 Å². The number of hydrogen-bond donors (Lipinski definition) is 1. The van der Waals surface area contributed by atoms with E-state index in [0.717, 1.165) is 19.4 Å². The first-order valence-electron chi connectivity index (χ1n) is 9.03. The second-order valence-electron chi connectivity index (χ2n) is 7.11. The van der Waals surface area contributed by atoms with Gasteiger partial charge >= 0.3 is 0 Å². The van der Waals surface area contributed by atoms with Crippen LogP contribution in [0.4, 0.5) is 10.1 Å². The molecule has 25 heavy (non-hydrogen) atoms. The molecule has 2 aliphatic rings. The van der Waals surface area contributed by atoms with Gasteiger partial charge in [0, 0.05) is 43.7 Å². The fourth-order valence-electron chi connectivity index (χ4n) is 3.76. The molecule has 1 amide bonds. The Balaban J connectivity index is 1.60. The van der Waals surface area contributed by atoms with Gasteiger partial charge in [-0.3, -0.25) is 9.59 Å². The summed E-state index contributed by atoms with van der Waals surface area (Å²) in [4.78, 5) is 27.9. The van der Waals surface area contributed by atoms with Crippen molar-refractivity contribution in [2.75, 3.05) is 37.6 Å². The molecule has 2 heterocycles. The standard InChI is InChI=1S/C19H26FN3O2/c1-13-11-16(5-6-21-13)19(25)23-9-7-22(8-10-23)18-4-3-15(14(2)24)12-17(18)20/h3-4,12-13,16,21H,5-11H2,1-2H3/t13-,16-/m0/s1. The number of halogens is 1. The first-order chi connectivity index (χ1) is 12.0. The molecular formula is C19H26FN3O2. The molecule has 3 rings (SSSR count). The number of piperazine rings is 1. The van der Waals surface area contributed by atoms with Crippen LogP contribution in [0, 0.1) is 11.7 Å².